The van der Waals surface area contributed by atoms with Crippen molar-refractivity contribution in [2.75, 3.05) is 24.6 Å². The number of ether oxygens (including phenoxy) is 1. The Morgan fingerprint density at radius 2 is 1.87 bits per heavy atom. The smallest absolute Gasteiger partial charge is 0.263 e. The Labute approximate surface area is 280 Å². The highest BCUT2D eigenvalue weighted by Gasteiger charge is 2.44. The molecule has 246 valence electrons. The molecule has 1 saturated carbocycles. The van der Waals surface area contributed by atoms with Gasteiger partial charge in [0.05, 0.1) is 23.6 Å². The van der Waals surface area contributed by atoms with Crippen molar-refractivity contribution >= 4 is 34.2 Å². The van der Waals surface area contributed by atoms with Gasteiger partial charge in [-0.3, -0.25) is 14.5 Å². The molecule has 9 heteroatoms. The number of aliphatic hydroxyl groups is 1. The van der Waals surface area contributed by atoms with Gasteiger partial charge in [-0.1, -0.05) is 37.1 Å². The number of rotatable bonds is 0. The maximum atomic E-state index is 13.3. The Morgan fingerprint density at radius 3 is 2.59 bits per heavy atom. The summed E-state index contributed by atoms with van der Waals surface area (Å²) < 4.78 is 22.4. The van der Waals surface area contributed by atoms with Gasteiger partial charge in [0.2, 0.25) is 0 Å². The predicted molar refractivity (Wildman–Crippen MR) is 185 cm³/mol. The minimum absolute atomic E-state index is 0.175. The molecule has 7 rings (SSSR count). The van der Waals surface area contributed by atoms with Crippen LogP contribution in [0.4, 0.5) is 5.69 Å². The fourth-order valence-electron chi connectivity index (χ4n) is 7.73. The van der Waals surface area contributed by atoms with Crippen molar-refractivity contribution in [2.24, 2.45) is 17.8 Å². The van der Waals surface area contributed by atoms with Crippen LogP contribution in [0.3, 0.4) is 0 Å². The molecule has 2 aliphatic heterocycles. The third-order valence-electron chi connectivity index (χ3n) is 10.8. The Hall–Kier alpha value is -2.94. The lowest BCUT2D eigenvalue weighted by atomic mass is 9.68. The standard InChI is InChI=1S/C32H41ClN2O4S.C5H5N/c1-20-5-3-7-29(36)26-11-8-24(26)17-35-18-32(14-4-6-22-15-25(33)10-12-27(22)32)19-39-30-13-9-23(16-28(30)35)31(37)34-40(38)21(20)2;1-2-4-6-5-3-1/h9-10,12-13,15-16,20-21,24,26,29,36H,3-8,11,14,17-19H2,1-2H3,(H,34,37);1-5H/t20?,21?,24?,26?,29?,32-,40?;/m0./s1. The van der Waals surface area contributed by atoms with E-state index in [1.54, 1.807) is 18.5 Å². The molecule has 7 atom stereocenters. The summed E-state index contributed by atoms with van der Waals surface area (Å²) in [6.07, 6.45) is 11.0. The van der Waals surface area contributed by atoms with Gasteiger partial charge in [0, 0.05) is 41.5 Å². The van der Waals surface area contributed by atoms with E-state index in [-0.39, 0.29) is 34.5 Å². The Kier molecular flexibility index (Phi) is 10.4. The van der Waals surface area contributed by atoms with Gasteiger partial charge in [-0.05, 0) is 123 Å². The van der Waals surface area contributed by atoms with Crippen LogP contribution in [-0.2, 0) is 22.8 Å². The molecule has 0 radical (unpaired) electrons. The SMILES string of the molecule is CC1CCCC(O)C2CCC2CN2C[C@@]3(CCCc4cc(Cl)ccc43)COc3ccc(cc32)C(=O)NS(=O)C1C.c1ccncc1. The zero-order chi connectivity index (χ0) is 32.3. The van der Waals surface area contributed by atoms with Crippen LogP contribution in [0.1, 0.15) is 80.3 Å². The summed E-state index contributed by atoms with van der Waals surface area (Å²) in [5.74, 6) is 1.30. The fourth-order valence-corrected chi connectivity index (χ4v) is 8.97. The molecule has 46 heavy (non-hydrogen) atoms. The first-order chi connectivity index (χ1) is 22.2. The van der Waals surface area contributed by atoms with Gasteiger partial charge < -0.3 is 14.7 Å². The molecule has 2 aliphatic carbocycles. The van der Waals surface area contributed by atoms with Gasteiger partial charge in [0.1, 0.15) is 16.7 Å². The number of halogens is 1. The third kappa shape index (κ3) is 7.14. The van der Waals surface area contributed by atoms with E-state index in [4.69, 9.17) is 16.3 Å². The lowest BCUT2D eigenvalue weighted by Gasteiger charge is -2.46. The van der Waals surface area contributed by atoms with Gasteiger partial charge in [-0.25, -0.2) is 4.21 Å². The van der Waals surface area contributed by atoms with Crippen molar-refractivity contribution in [3.8, 4) is 5.75 Å². The van der Waals surface area contributed by atoms with Crippen LogP contribution < -0.4 is 14.4 Å². The van der Waals surface area contributed by atoms with Crippen molar-refractivity contribution in [2.45, 2.75) is 82.0 Å². The minimum atomic E-state index is -1.50. The molecule has 1 aromatic heterocycles. The molecule has 3 aromatic rings. The van der Waals surface area contributed by atoms with E-state index in [1.807, 2.05) is 43.3 Å². The summed E-state index contributed by atoms with van der Waals surface area (Å²) in [7, 11) is -1.50. The Balaban J connectivity index is 0.000000557. The van der Waals surface area contributed by atoms with Crippen LogP contribution in [0.2, 0.25) is 5.02 Å². The number of hydrogen-bond acceptors (Lipinski definition) is 6. The quantitative estimate of drug-likeness (QED) is 0.272. The molecular weight excluding hydrogens is 618 g/mol. The molecule has 1 fully saturated rings. The average molecular weight is 664 g/mol. The largest absolute Gasteiger partial charge is 0.490 e. The van der Waals surface area contributed by atoms with Crippen LogP contribution in [-0.4, -0.2) is 51.3 Å². The molecule has 2 N–H and O–H groups in total. The van der Waals surface area contributed by atoms with Crippen molar-refractivity contribution in [3.63, 3.8) is 0 Å². The lowest BCUT2D eigenvalue weighted by Crippen LogP contribution is -2.49. The molecule has 1 spiro atoms. The number of pyridine rings is 1. The lowest BCUT2D eigenvalue weighted by molar-refractivity contribution is 0.00857. The van der Waals surface area contributed by atoms with E-state index in [2.05, 4.69) is 33.7 Å². The van der Waals surface area contributed by atoms with E-state index < -0.39 is 11.0 Å². The highest BCUT2D eigenvalue weighted by molar-refractivity contribution is 7.84. The number of anilines is 1. The molecule has 6 unspecified atom stereocenters. The second-order valence-corrected chi connectivity index (χ2v) is 15.7. The van der Waals surface area contributed by atoms with Gasteiger partial charge in [-0.2, -0.15) is 0 Å². The van der Waals surface area contributed by atoms with Crippen LogP contribution in [0.15, 0.2) is 67.0 Å². The van der Waals surface area contributed by atoms with Gasteiger partial charge >= 0.3 is 0 Å². The Bertz CT molecular complexity index is 1510. The number of nitrogens with one attached hydrogen (secondary N) is 1. The number of amides is 1. The summed E-state index contributed by atoms with van der Waals surface area (Å²) in [4.78, 5) is 19.5. The zero-order valence-corrected chi connectivity index (χ0v) is 28.4. The first-order valence-electron chi connectivity index (χ1n) is 16.8. The maximum Gasteiger partial charge on any atom is 0.263 e. The summed E-state index contributed by atoms with van der Waals surface area (Å²) >= 11 is 6.39. The van der Waals surface area contributed by atoms with Crippen LogP contribution in [0.5, 0.6) is 5.75 Å². The van der Waals surface area contributed by atoms with Crippen LogP contribution in [0.25, 0.3) is 0 Å². The van der Waals surface area contributed by atoms with Crippen molar-refractivity contribution in [1.82, 2.24) is 9.71 Å². The summed E-state index contributed by atoms with van der Waals surface area (Å²) in [5, 5.41) is 11.8. The average Bonchev–Trinajstić information content (AvgIpc) is 3.20. The number of fused-ring (bicyclic) bond motifs is 4. The molecular formula is C37H46ClN3O4S. The first kappa shape index (κ1) is 33.0. The zero-order valence-electron chi connectivity index (χ0n) is 26.9. The van der Waals surface area contributed by atoms with Gasteiger partial charge in [0.15, 0.2) is 0 Å². The normalized spacial score (nSPS) is 31.0. The number of aliphatic hydroxyl groups excluding tert-OH is 1. The van der Waals surface area contributed by atoms with E-state index in [0.717, 1.165) is 80.9 Å². The van der Waals surface area contributed by atoms with Crippen molar-refractivity contribution < 1.29 is 18.8 Å². The molecule has 4 aliphatic rings. The molecule has 2 aromatic carbocycles. The number of aryl methyl sites for hydroxylation is 1. The number of aromatic nitrogens is 1. The number of hydrogen-bond donors (Lipinski definition) is 2. The fraction of sp³-hybridized carbons (Fsp3) is 0.514. The first-order valence-corrected chi connectivity index (χ1v) is 18.4. The molecule has 7 nitrogen and oxygen atoms in total. The molecule has 1 amide bonds. The number of carbonyl (C=O) groups is 1. The summed E-state index contributed by atoms with van der Waals surface area (Å²) in [6.45, 7) is 6.17. The highest BCUT2D eigenvalue weighted by atomic mass is 35.5. The predicted octanol–water partition coefficient (Wildman–Crippen LogP) is 6.88. The summed E-state index contributed by atoms with van der Waals surface area (Å²) in [6, 6.07) is 17.6. The number of carbonyl (C=O) groups excluding carboxylic acids is 1. The second-order valence-electron chi connectivity index (χ2n) is 13.7. The number of benzene rings is 2. The topological polar surface area (TPSA) is 91.8 Å². The molecule has 3 heterocycles. The van der Waals surface area contributed by atoms with Gasteiger partial charge in [0.25, 0.3) is 5.91 Å². The number of nitrogens with zero attached hydrogens (tertiary/aromatic N) is 2. The Morgan fingerprint density at radius 1 is 1.04 bits per heavy atom. The van der Waals surface area contributed by atoms with E-state index in [0.29, 0.717) is 18.1 Å². The van der Waals surface area contributed by atoms with Crippen molar-refractivity contribution in [1.29, 1.82) is 0 Å². The molecule has 2 bridgehead atoms. The van der Waals surface area contributed by atoms with Crippen LogP contribution in [0, 0.1) is 17.8 Å². The second kappa shape index (κ2) is 14.4. The maximum absolute atomic E-state index is 13.3. The van der Waals surface area contributed by atoms with E-state index in [1.165, 1.54) is 11.1 Å². The monoisotopic (exact) mass is 663 g/mol. The van der Waals surface area contributed by atoms with Crippen LogP contribution >= 0.6 is 11.6 Å². The van der Waals surface area contributed by atoms with E-state index >= 15 is 0 Å². The summed E-state index contributed by atoms with van der Waals surface area (Å²) in [5.41, 5.74) is 3.82. The third-order valence-corrected chi connectivity index (χ3v) is 12.5. The van der Waals surface area contributed by atoms with E-state index in [9.17, 15) is 14.1 Å². The van der Waals surface area contributed by atoms with Crippen molar-refractivity contribution in [3.05, 3.63) is 88.7 Å². The highest BCUT2D eigenvalue weighted by Crippen LogP contribution is 2.47. The minimum Gasteiger partial charge on any atom is -0.490 e. The van der Waals surface area contributed by atoms with Gasteiger partial charge in [-0.15, -0.1) is 0 Å². The molecule has 0 saturated heterocycles.